The summed E-state index contributed by atoms with van der Waals surface area (Å²) in [5.74, 6) is 0.766. The zero-order valence-corrected chi connectivity index (χ0v) is 14.5. The largest absolute Gasteiger partial charge is 0.484 e. The lowest BCUT2D eigenvalue weighted by molar-refractivity contribution is -0.153. The number of aryl methyl sites for hydroxylation is 1. The van der Waals surface area contributed by atoms with E-state index in [0.717, 1.165) is 13.0 Å². The number of para-hydroxylation sites is 1. The Morgan fingerprint density at radius 2 is 2.04 bits per heavy atom. The Balaban J connectivity index is 1.78. The molecule has 0 fully saturated rings. The molecule has 2 rings (SSSR count). The van der Waals surface area contributed by atoms with E-state index >= 15 is 0 Å². The van der Waals surface area contributed by atoms with E-state index in [9.17, 15) is 13.2 Å². The minimum atomic E-state index is -4.37. The number of alkyl halides is 3. The molecule has 9 heteroatoms. The fraction of sp³-hybridized carbons (Fsp3) is 0.412. The highest BCUT2D eigenvalue weighted by Crippen LogP contribution is 2.21. The molecule has 6 nitrogen and oxygen atoms in total. The first-order chi connectivity index (χ1) is 12.5. The van der Waals surface area contributed by atoms with Crippen molar-refractivity contribution >= 4 is 5.96 Å². The van der Waals surface area contributed by atoms with Crippen LogP contribution in [0.2, 0.25) is 0 Å². The Labute approximate surface area is 150 Å². The summed E-state index contributed by atoms with van der Waals surface area (Å²) in [5.41, 5.74) is 0.622. The van der Waals surface area contributed by atoms with E-state index in [0.29, 0.717) is 24.6 Å². The predicted molar refractivity (Wildman–Crippen MR) is 93.0 cm³/mol. The van der Waals surface area contributed by atoms with Crippen molar-refractivity contribution in [3.63, 3.8) is 0 Å². The van der Waals surface area contributed by atoms with Crippen molar-refractivity contribution < 1.29 is 17.9 Å². The summed E-state index contributed by atoms with van der Waals surface area (Å²) in [6, 6.07) is 8.48. The topological polar surface area (TPSA) is 63.5 Å². The molecule has 1 aromatic carbocycles. The van der Waals surface area contributed by atoms with Gasteiger partial charge in [0, 0.05) is 44.6 Å². The Bertz CT molecular complexity index is 686. The van der Waals surface area contributed by atoms with Gasteiger partial charge in [-0.3, -0.25) is 9.67 Å². The molecule has 0 atom stereocenters. The second kappa shape index (κ2) is 9.69. The van der Waals surface area contributed by atoms with Crippen LogP contribution < -0.4 is 15.4 Å². The second-order valence-corrected chi connectivity index (χ2v) is 5.49. The van der Waals surface area contributed by atoms with Crippen molar-refractivity contribution in [2.24, 2.45) is 4.99 Å². The van der Waals surface area contributed by atoms with Crippen LogP contribution in [0.4, 0.5) is 13.2 Å². The predicted octanol–water partition coefficient (Wildman–Crippen LogP) is 2.58. The molecule has 0 saturated carbocycles. The standard InChI is InChI=1S/C17H22F3N5O/c1-21-16(22-8-4-10-25-11-5-9-24-25)23-12-14-6-2-3-7-15(14)26-13-17(18,19)20/h2-3,5-7,9,11H,4,8,10,12-13H2,1H3,(H2,21,22,23). The Morgan fingerprint density at radius 3 is 2.73 bits per heavy atom. The average molecular weight is 369 g/mol. The van der Waals surface area contributed by atoms with Crippen LogP contribution in [0, 0.1) is 0 Å². The maximum Gasteiger partial charge on any atom is 0.422 e. The van der Waals surface area contributed by atoms with Gasteiger partial charge in [0.05, 0.1) is 0 Å². The number of rotatable bonds is 8. The first kappa shape index (κ1) is 19.6. The molecule has 2 aromatic rings. The van der Waals surface area contributed by atoms with Crippen molar-refractivity contribution in [2.75, 3.05) is 20.2 Å². The summed E-state index contributed by atoms with van der Waals surface area (Å²) < 4.78 is 43.7. The smallest absolute Gasteiger partial charge is 0.422 e. The highest BCUT2D eigenvalue weighted by atomic mass is 19.4. The fourth-order valence-electron chi connectivity index (χ4n) is 2.23. The van der Waals surface area contributed by atoms with Crippen LogP contribution >= 0.6 is 0 Å². The van der Waals surface area contributed by atoms with E-state index < -0.39 is 12.8 Å². The van der Waals surface area contributed by atoms with Crippen LogP contribution in [0.15, 0.2) is 47.7 Å². The second-order valence-electron chi connectivity index (χ2n) is 5.49. The molecule has 0 radical (unpaired) electrons. The third-order valence-corrected chi connectivity index (χ3v) is 3.45. The highest BCUT2D eigenvalue weighted by molar-refractivity contribution is 5.79. The molecule has 142 valence electrons. The van der Waals surface area contributed by atoms with Crippen LogP contribution in [0.3, 0.4) is 0 Å². The van der Waals surface area contributed by atoms with E-state index in [1.165, 1.54) is 6.07 Å². The van der Waals surface area contributed by atoms with Gasteiger partial charge in [-0.25, -0.2) is 0 Å². The number of nitrogens with zero attached hydrogens (tertiary/aromatic N) is 3. The Kier molecular flexibility index (Phi) is 7.31. The lowest BCUT2D eigenvalue weighted by Gasteiger charge is -2.15. The van der Waals surface area contributed by atoms with E-state index in [-0.39, 0.29) is 5.75 Å². The zero-order chi connectivity index (χ0) is 18.8. The van der Waals surface area contributed by atoms with Crippen molar-refractivity contribution in [3.8, 4) is 5.75 Å². The summed E-state index contributed by atoms with van der Waals surface area (Å²) in [7, 11) is 1.63. The van der Waals surface area contributed by atoms with Crippen molar-refractivity contribution in [1.82, 2.24) is 20.4 Å². The molecule has 0 aliphatic carbocycles. The van der Waals surface area contributed by atoms with Crippen molar-refractivity contribution in [3.05, 3.63) is 48.3 Å². The molecule has 0 aliphatic heterocycles. The molecule has 0 amide bonds. The molecular formula is C17H22F3N5O. The molecular weight excluding hydrogens is 347 g/mol. The summed E-state index contributed by atoms with van der Waals surface area (Å²) in [5, 5.41) is 10.3. The van der Waals surface area contributed by atoms with Crippen LogP contribution in [0.1, 0.15) is 12.0 Å². The molecule has 0 spiro atoms. The Morgan fingerprint density at radius 1 is 1.23 bits per heavy atom. The molecule has 0 unspecified atom stereocenters. The number of hydrogen-bond acceptors (Lipinski definition) is 3. The minimum Gasteiger partial charge on any atom is -0.484 e. The quantitative estimate of drug-likeness (QED) is 0.427. The number of aromatic nitrogens is 2. The number of hydrogen-bond donors (Lipinski definition) is 2. The SMILES string of the molecule is CN=C(NCCCn1cccn1)NCc1ccccc1OCC(F)(F)F. The van der Waals surface area contributed by atoms with Crippen LogP contribution in [-0.4, -0.2) is 42.1 Å². The molecule has 26 heavy (non-hydrogen) atoms. The van der Waals surface area contributed by atoms with Gasteiger partial charge >= 0.3 is 6.18 Å². The third kappa shape index (κ3) is 7.04. The average Bonchev–Trinajstić information content (AvgIpc) is 3.13. The molecule has 1 aromatic heterocycles. The van der Waals surface area contributed by atoms with Gasteiger partial charge in [0.15, 0.2) is 12.6 Å². The monoisotopic (exact) mass is 369 g/mol. The van der Waals surface area contributed by atoms with Gasteiger partial charge < -0.3 is 15.4 Å². The fourth-order valence-corrected chi connectivity index (χ4v) is 2.23. The lowest BCUT2D eigenvalue weighted by atomic mass is 10.2. The number of benzene rings is 1. The van der Waals surface area contributed by atoms with Crippen LogP contribution in [0.25, 0.3) is 0 Å². The van der Waals surface area contributed by atoms with E-state index in [4.69, 9.17) is 4.74 Å². The zero-order valence-electron chi connectivity index (χ0n) is 14.5. The molecule has 0 bridgehead atoms. The molecule has 1 heterocycles. The summed E-state index contributed by atoms with van der Waals surface area (Å²) in [4.78, 5) is 4.10. The first-order valence-corrected chi connectivity index (χ1v) is 8.17. The van der Waals surface area contributed by atoms with Gasteiger partial charge in [-0.15, -0.1) is 0 Å². The van der Waals surface area contributed by atoms with Gasteiger partial charge in [0.1, 0.15) is 5.75 Å². The summed E-state index contributed by atoms with van der Waals surface area (Å²) in [6.45, 7) is 0.453. The number of aliphatic imine (C=N–C) groups is 1. The van der Waals surface area contributed by atoms with Gasteiger partial charge in [0.25, 0.3) is 0 Å². The van der Waals surface area contributed by atoms with E-state index in [1.807, 2.05) is 16.9 Å². The Hall–Kier alpha value is -2.71. The number of nitrogens with one attached hydrogen (secondary N) is 2. The van der Waals surface area contributed by atoms with Gasteiger partial charge in [-0.2, -0.15) is 18.3 Å². The normalized spacial score (nSPS) is 12.1. The minimum absolute atomic E-state index is 0.200. The summed E-state index contributed by atoms with van der Waals surface area (Å²) >= 11 is 0. The molecule has 2 N–H and O–H groups in total. The maximum absolute atomic E-state index is 12.3. The van der Waals surface area contributed by atoms with Crippen molar-refractivity contribution in [2.45, 2.75) is 25.7 Å². The number of ether oxygens (including phenoxy) is 1. The number of halogens is 3. The number of guanidine groups is 1. The first-order valence-electron chi connectivity index (χ1n) is 8.17. The van der Waals surface area contributed by atoms with Gasteiger partial charge in [-0.1, -0.05) is 18.2 Å². The van der Waals surface area contributed by atoms with Gasteiger partial charge in [-0.05, 0) is 18.6 Å². The third-order valence-electron chi connectivity index (χ3n) is 3.45. The maximum atomic E-state index is 12.3. The molecule has 0 saturated heterocycles. The van der Waals surface area contributed by atoms with Crippen LogP contribution in [0.5, 0.6) is 5.75 Å². The highest BCUT2D eigenvalue weighted by Gasteiger charge is 2.28. The van der Waals surface area contributed by atoms with Crippen LogP contribution in [-0.2, 0) is 13.1 Å². The summed E-state index contributed by atoms with van der Waals surface area (Å²) in [6.07, 6.45) is 0.109. The van der Waals surface area contributed by atoms with E-state index in [1.54, 1.807) is 31.4 Å². The lowest BCUT2D eigenvalue weighted by Crippen LogP contribution is -2.37. The van der Waals surface area contributed by atoms with Crippen molar-refractivity contribution in [1.29, 1.82) is 0 Å². The van der Waals surface area contributed by atoms with Gasteiger partial charge in [0.2, 0.25) is 0 Å². The molecule has 0 aliphatic rings. The van der Waals surface area contributed by atoms with E-state index in [2.05, 4.69) is 20.7 Å².